The molecule has 0 spiro atoms. The number of benzene rings is 2. The number of esters is 1. The molecule has 2 aromatic carbocycles. The van der Waals surface area contributed by atoms with E-state index < -0.39 is 5.97 Å². The Kier molecular flexibility index (Phi) is 5.48. The highest BCUT2D eigenvalue weighted by atomic mass is 16.5. The summed E-state index contributed by atoms with van der Waals surface area (Å²) in [5.74, 6) is -0.350. The van der Waals surface area contributed by atoms with E-state index in [-0.39, 0.29) is 18.0 Å². The molecule has 0 radical (unpaired) electrons. The van der Waals surface area contributed by atoms with Crippen LogP contribution in [-0.2, 0) is 17.9 Å². The fourth-order valence-electron chi connectivity index (χ4n) is 2.52. The summed E-state index contributed by atoms with van der Waals surface area (Å²) >= 11 is 0. The zero-order valence-corrected chi connectivity index (χ0v) is 14.3. The summed E-state index contributed by atoms with van der Waals surface area (Å²) in [6.07, 6.45) is 0.862. The van der Waals surface area contributed by atoms with Gasteiger partial charge in [-0.2, -0.15) is 0 Å². The molecule has 3 aromatic rings. The van der Waals surface area contributed by atoms with Crippen molar-refractivity contribution in [3.8, 4) is 0 Å². The zero-order chi connectivity index (χ0) is 18.4. The highest BCUT2D eigenvalue weighted by Gasteiger charge is 2.19. The minimum Gasteiger partial charge on any atom is -0.454 e. The maximum atomic E-state index is 12.7. The van der Waals surface area contributed by atoms with Gasteiger partial charge in [0, 0.05) is 17.7 Å². The molecule has 7 nitrogen and oxygen atoms in total. The maximum Gasteiger partial charge on any atom is 0.339 e. The average molecular weight is 350 g/mol. The fraction of sp³-hybridized carbons (Fsp3) is 0.211. The SMILES string of the molecule is CCCn1nnnc1COC(=O)c1ccccc1C(=O)c1ccccc1. The van der Waals surface area contributed by atoms with Crippen molar-refractivity contribution in [1.82, 2.24) is 20.2 Å². The van der Waals surface area contributed by atoms with E-state index in [1.807, 2.05) is 13.0 Å². The van der Waals surface area contributed by atoms with E-state index in [0.717, 1.165) is 6.42 Å². The first-order valence-corrected chi connectivity index (χ1v) is 8.31. The standard InChI is InChI=1S/C19H18N4O3/c1-2-12-23-17(20-21-22-23)13-26-19(25)16-11-7-6-10-15(16)18(24)14-8-4-3-5-9-14/h3-11H,2,12-13H2,1H3. The Morgan fingerprint density at radius 2 is 1.69 bits per heavy atom. The second-order valence-electron chi connectivity index (χ2n) is 5.64. The van der Waals surface area contributed by atoms with Crippen molar-refractivity contribution in [3.63, 3.8) is 0 Å². The van der Waals surface area contributed by atoms with Crippen molar-refractivity contribution < 1.29 is 14.3 Å². The first-order chi connectivity index (χ1) is 12.7. The second kappa shape index (κ2) is 8.15. The van der Waals surface area contributed by atoms with Crippen molar-refractivity contribution >= 4 is 11.8 Å². The van der Waals surface area contributed by atoms with Gasteiger partial charge >= 0.3 is 5.97 Å². The van der Waals surface area contributed by atoms with Crippen LogP contribution in [0.4, 0.5) is 0 Å². The van der Waals surface area contributed by atoms with Gasteiger partial charge in [0.25, 0.3) is 0 Å². The lowest BCUT2D eigenvalue weighted by Crippen LogP contribution is -2.14. The number of aryl methyl sites for hydroxylation is 1. The molecule has 0 aliphatic carbocycles. The third kappa shape index (κ3) is 3.83. The van der Waals surface area contributed by atoms with Crippen molar-refractivity contribution in [2.75, 3.05) is 0 Å². The maximum absolute atomic E-state index is 12.7. The summed E-state index contributed by atoms with van der Waals surface area (Å²) in [7, 11) is 0. The van der Waals surface area contributed by atoms with Crippen LogP contribution in [0.3, 0.4) is 0 Å². The minimum absolute atomic E-state index is 0.0559. The molecule has 0 atom stereocenters. The topological polar surface area (TPSA) is 87.0 Å². The van der Waals surface area contributed by atoms with Gasteiger partial charge in [-0.25, -0.2) is 9.48 Å². The highest BCUT2D eigenvalue weighted by molar-refractivity contribution is 6.14. The van der Waals surface area contributed by atoms with Crippen LogP contribution < -0.4 is 0 Å². The van der Waals surface area contributed by atoms with Gasteiger partial charge < -0.3 is 4.74 Å². The van der Waals surface area contributed by atoms with Crippen LogP contribution >= 0.6 is 0 Å². The second-order valence-corrected chi connectivity index (χ2v) is 5.64. The summed E-state index contributed by atoms with van der Waals surface area (Å²) < 4.78 is 6.92. The van der Waals surface area contributed by atoms with Crippen LogP contribution in [0.15, 0.2) is 54.6 Å². The molecule has 0 fully saturated rings. The van der Waals surface area contributed by atoms with E-state index in [4.69, 9.17) is 4.74 Å². The quantitative estimate of drug-likeness (QED) is 0.481. The van der Waals surface area contributed by atoms with Crippen LogP contribution in [0.1, 0.15) is 45.4 Å². The van der Waals surface area contributed by atoms with Crippen molar-refractivity contribution in [3.05, 3.63) is 77.1 Å². The lowest BCUT2D eigenvalue weighted by atomic mass is 9.98. The molecule has 26 heavy (non-hydrogen) atoms. The molecule has 0 aliphatic heterocycles. The van der Waals surface area contributed by atoms with E-state index in [1.54, 1.807) is 53.2 Å². The Labute approximate surface area is 150 Å². The smallest absolute Gasteiger partial charge is 0.339 e. The van der Waals surface area contributed by atoms with E-state index in [2.05, 4.69) is 15.5 Å². The van der Waals surface area contributed by atoms with Crippen LogP contribution in [0, 0.1) is 0 Å². The van der Waals surface area contributed by atoms with Crippen LogP contribution in [-0.4, -0.2) is 32.0 Å². The molecule has 0 N–H and O–H groups in total. The van der Waals surface area contributed by atoms with Gasteiger partial charge in [0.2, 0.25) is 0 Å². The van der Waals surface area contributed by atoms with Gasteiger partial charge in [-0.15, -0.1) is 5.10 Å². The van der Waals surface area contributed by atoms with E-state index in [0.29, 0.717) is 23.5 Å². The first-order valence-electron chi connectivity index (χ1n) is 8.31. The molecular weight excluding hydrogens is 332 g/mol. The third-order valence-corrected chi connectivity index (χ3v) is 3.80. The molecule has 0 saturated carbocycles. The molecule has 1 heterocycles. The van der Waals surface area contributed by atoms with Gasteiger partial charge in [-0.3, -0.25) is 4.79 Å². The molecule has 3 rings (SSSR count). The molecule has 0 unspecified atom stereocenters. The third-order valence-electron chi connectivity index (χ3n) is 3.80. The largest absolute Gasteiger partial charge is 0.454 e. The van der Waals surface area contributed by atoms with Crippen LogP contribution in [0.25, 0.3) is 0 Å². The Bertz CT molecular complexity index is 906. The van der Waals surface area contributed by atoms with Gasteiger partial charge in [-0.1, -0.05) is 55.5 Å². The van der Waals surface area contributed by atoms with Gasteiger partial charge in [0.15, 0.2) is 18.2 Å². The number of rotatable bonds is 7. The van der Waals surface area contributed by atoms with Crippen molar-refractivity contribution in [2.24, 2.45) is 0 Å². The fourth-order valence-corrected chi connectivity index (χ4v) is 2.52. The zero-order valence-electron chi connectivity index (χ0n) is 14.3. The van der Waals surface area contributed by atoms with E-state index in [9.17, 15) is 9.59 Å². The number of aromatic nitrogens is 4. The molecule has 132 valence electrons. The number of hydrogen-bond acceptors (Lipinski definition) is 6. The number of nitrogens with zero attached hydrogens (tertiary/aromatic N) is 4. The van der Waals surface area contributed by atoms with Gasteiger partial charge in [0.1, 0.15) is 0 Å². The molecule has 1 aromatic heterocycles. The van der Waals surface area contributed by atoms with Gasteiger partial charge in [0.05, 0.1) is 5.56 Å². The molecule has 0 bridgehead atoms. The Hall–Kier alpha value is -3.35. The highest BCUT2D eigenvalue weighted by Crippen LogP contribution is 2.16. The van der Waals surface area contributed by atoms with Crippen LogP contribution in [0.5, 0.6) is 0 Å². The predicted octanol–water partition coefficient (Wildman–Crippen LogP) is 2.67. The number of ether oxygens (including phenoxy) is 1. The Morgan fingerprint density at radius 3 is 2.42 bits per heavy atom. The van der Waals surface area contributed by atoms with Crippen molar-refractivity contribution in [2.45, 2.75) is 26.5 Å². The van der Waals surface area contributed by atoms with Crippen LogP contribution in [0.2, 0.25) is 0 Å². The van der Waals surface area contributed by atoms with Crippen molar-refractivity contribution in [1.29, 1.82) is 0 Å². The Balaban J connectivity index is 1.78. The molecule has 0 amide bonds. The number of hydrogen-bond donors (Lipinski definition) is 0. The van der Waals surface area contributed by atoms with E-state index in [1.165, 1.54) is 0 Å². The lowest BCUT2D eigenvalue weighted by Gasteiger charge is -2.09. The Morgan fingerprint density at radius 1 is 1.00 bits per heavy atom. The van der Waals surface area contributed by atoms with Gasteiger partial charge in [-0.05, 0) is 22.9 Å². The number of tetrazole rings is 1. The molecule has 0 saturated heterocycles. The number of carbonyl (C=O) groups is 2. The predicted molar refractivity (Wildman–Crippen MR) is 93.5 cm³/mol. The summed E-state index contributed by atoms with van der Waals surface area (Å²) in [6, 6.07) is 15.4. The summed E-state index contributed by atoms with van der Waals surface area (Å²) in [5, 5.41) is 11.3. The minimum atomic E-state index is -0.587. The number of ketones is 1. The average Bonchev–Trinajstić information content (AvgIpc) is 3.13. The molecule has 7 heteroatoms. The molecule has 0 aliphatic rings. The summed E-state index contributed by atoms with van der Waals surface area (Å²) in [5.41, 5.74) is 1.03. The summed E-state index contributed by atoms with van der Waals surface area (Å²) in [4.78, 5) is 25.2. The molecular formula is C19H18N4O3. The lowest BCUT2D eigenvalue weighted by molar-refractivity contribution is 0.0454. The van der Waals surface area contributed by atoms with E-state index >= 15 is 0 Å². The summed E-state index contributed by atoms with van der Waals surface area (Å²) in [6.45, 7) is 2.59. The monoisotopic (exact) mass is 350 g/mol. The number of carbonyl (C=O) groups excluding carboxylic acids is 2. The first kappa shape index (κ1) is 17.5. The normalized spacial score (nSPS) is 10.5.